The maximum absolute atomic E-state index is 13.0. The molecule has 1 heterocycles. The molecule has 144 valence electrons. The lowest BCUT2D eigenvalue weighted by atomic mass is 9.91. The maximum Gasteiger partial charge on any atom is 0.318 e. The van der Waals surface area contributed by atoms with E-state index in [1.54, 1.807) is 0 Å². The molecule has 0 fully saturated rings. The molecule has 0 saturated carbocycles. The van der Waals surface area contributed by atoms with Crippen molar-refractivity contribution >= 4 is 5.97 Å². The van der Waals surface area contributed by atoms with Crippen LogP contribution in [-0.2, 0) is 16.1 Å². The van der Waals surface area contributed by atoms with Gasteiger partial charge in [-0.05, 0) is 30.2 Å². The zero-order chi connectivity index (χ0) is 20.1. The van der Waals surface area contributed by atoms with Crippen LogP contribution in [0.5, 0.6) is 0 Å². The fourth-order valence-electron chi connectivity index (χ4n) is 3.24. The zero-order valence-electron chi connectivity index (χ0n) is 16.1. The molecule has 0 aliphatic rings. The smallest absolute Gasteiger partial charge is 0.318 e. The van der Waals surface area contributed by atoms with Crippen LogP contribution in [0.4, 0.5) is 0 Å². The van der Waals surface area contributed by atoms with E-state index < -0.39 is 5.92 Å². The molecule has 0 atom stereocenters. The zero-order valence-corrected chi connectivity index (χ0v) is 16.1. The van der Waals surface area contributed by atoms with Crippen LogP contribution in [0.2, 0.25) is 0 Å². The third kappa shape index (κ3) is 4.27. The van der Waals surface area contributed by atoms with Gasteiger partial charge < -0.3 is 9.15 Å². The van der Waals surface area contributed by atoms with E-state index in [1.807, 2.05) is 97.9 Å². The molecule has 0 N–H and O–H groups in total. The average molecular weight is 383 g/mol. The summed E-state index contributed by atoms with van der Waals surface area (Å²) in [6, 6.07) is 29.0. The van der Waals surface area contributed by atoms with E-state index in [1.165, 1.54) is 0 Å². The standard InChI is InChI=1S/C25H21NO3/c1-18-22(26-24(29-18)21-15-9-4-10-16-21)17-28-25(27)23(19-11-5-2-6-12-19)20-13-7-3-8-14-20/h2-16,23H,17H2,1H3. The first kappa shape index (κ1) is 18.7. The first-order valence-corrected chi connectivity index (χ1v) is 9.50. The molecule has 0 aliphatic heterocycles. The number of rotatable bonds is 6. The molecule has 3 aromatic carbocycles. The Hall–Kier alpha value is -3.66. The minimum absolute atomic E-state index is 0.0666. The van der Waals surface area contributed by atoms with E-state index in [-0.39, 0.29) is 12.6 Å². The van der Waals surface area contributed by atoms with Gasteiger partial charge in [-0.1, -0.05) is 78.9 Å². The molecular formula is C25H21NO3. The van der Waals surface area contributed by atoms with Gasteiger partial charge in [-0.2, -0.15) is 0 Å². The van der Waals surface area contributed by atoms with E-state index in [0.29, 0.717) is 17.3 Å². The topological polar surface area (TPSA) is 52.3 Å². The van der Waals surface area contributed by atoms with Crippen molar-refractivity contribution in [2.45, 2.75) is 19.4 Å². The van der Waals surface area contributed by atoms with Crippen molar-refractivity contribution in [1.82, 2.24) is 4.98 Å². The van der Waals surface area contributed by atoms with E-state index in [4.69, 9.17) is 9.15 Å². The van der Waals surface area contributed by atoms with Gasteiger partial charge in [0.15, 0.2) is 0 Å². The fraction of sp³-hybridized carbons (Fsp3) is 0.120. The van der Waals surface area contributed by atoms with Crippen LogP contribution in [0.25, 0.3) is 11.5 Å². The highest BCUT2D eigenvalue weighted by Gasteiger charge is 2.25. The number of esters is 1. The molecule has 4 heteroatoms. The minimum atomic E-state index is -0.488. The van der Waals surface area contributed by atoms with Crippen molar-refractivity contribution in [3.05, 3.63) is 114 Å². The number of benzene rings is 3. The second-order valence-corrected chi connectivity index (χ2v) is 6.75. The molecule has 0 spiro atoms. The molecule has 4 aromatic rings. The minimum Gasteiger partial charge on any atom is -0.458 e. The predicted molar refractivity (Wildman–Crippen MR) is 111 cm³/mol. The summed E-state index contributed by atoms with van der Waals surface area (Å²) in [5.41, 5.74) is 3.30. The van der Waals surface area contributed by atoms with Gasteiger partial charge in [-0.15, -0.1) is 0 Å². The van der Waals surface area contributed by atoms with Gasteiger partial charge in [0.2, 0.25) is 5.89 Å². The maximum atomic E-state index is 13.0. The Kier molecular flexibility index (Phi) is 5.52. The number of aryl methyl sites for hydroxylation is 1. The first-order chi connectivity index (χ1) is 14.2. The van der Waals surface area contributed by atoms with Crippen LogP contribution in [0.3, 0.4) is 0 Å². The Balaban J connectivity index is 1.54. The van der Waals surface area contributed by atoms with E-state index in [9.17, 15) is 4.79 Å². The SMILES string of the molecule is Cc1oc(-c2ccccc2)nc1COC(=O)C(c1ccccc1)c1ccccc1. The molecule has 0 unspecified atom stereocenters. The van der Waals surface area contributed by atoms with Crippen LogP contribution < -0.4 is 0 Å². The van der Waals surface area contributed by atoms with Gasteiger partial charge >= 0.3 is 5.97 Å². The van der Waals surface area contributed by atoms with Crippen LogP contribution in [0.15, 0.2) is 95.4 Å². The van der Waals surface area contributed by atoms with Gasteiger partial charge in [0.25, 0.3) is 0 Å². The Morgan fingerprint density at radius 1 is 0.862 bits per heavy atom. The summed E-state index contributed by atoms with van der Waals surface area (Å²) in [5.74, 6) is 0.369. The van der Waals surface area contributed by atoms with Crippen molar-refractivity contribution in [1.29, 1.82) is 0 Å². The molecule has 0 radical (unpaired) electrons. The van der Waals surface area contributed by atoms with Crippen molar-refractivity contribution in [3.63, 3.8) is 0 Å². The molecule has 0 bridgehead atoms. The van der Waals surface area contributed by atoms with Crippen molar-refractivity contribution < 1.29 is 13.9 Å². The predicted octanol–water partition coefficient (Wildman–Crippen LogP) is 5.53. The molecule has 4 rings (SSSR count). The number of carbonyl (C=O) groups excluding carboxylic acids is 1. The fourth-order valence-corrected chi connectivity index (χ4v) is 3.24. The summed E-state index contributed by atoms with van der Waals surface area (Å²) < 4.78 is 11.4. The lowest BCUT2D eigenvalue weighted by molar-refractivity contribution is -0.145. The lowest BCUT2D eigenvalue weighted by Gasteiger charge is -2.16. The number of ether oxygens (including phenoxy) is 1. The molecule has 0 aliphatic carbocycles. The Morgan fingerprint density at radius 3 is 1.93 bits per heavy atom. The summed E-state index contributed by atoms with van der Waals surface area (Å²) in [5, 5.41) is 0. The van der Waals surface area contributed by atoms with E-state index in [2.05, 4.69) is 4.98 Å². The van der Waals surface area contributed by atoms with E-state index >= 15 is 0 Å². The summed E-state index contributed by atoms with van der Waals surface area (Å²) in [6.45, 7) is 1.89. The Bertz CT molecular complexity index is 1030. The summed E-state index contributed by atoms with van der Waals surface area (Å²) in [4.78, 5) is 17.5. The molecule has 0 saturated heterocycles. The second kappa shape index (κ2) is 8.57. The van der Waals surface area contributed by atoms with E-state index in [0.717, 1.165) is 16.7 Å². The second-order valence-electron chi connectivity index (χ2n) is 6.75. The Labute approximate surface area is 169 Å². The Morgan fingerprint density at radius 2 is 1.38 bits per heavy atom. The molecule has 0 amide bonds. The third-order valence-electron chi connectivity index (χ3n) is 4.77. The van der Waals surface area contributed by atoms with Gasteiger partial charge in [0.1, 0.15) is 24.0 Å². The third-order valence-corrected chi connectivity index (χ3v) is 4.77. The first-order valence-electron chi connectivity index (χ1n) is 9.50. The monoisotopic (exact) mass is 383 g/mol. The van der Waals surface area contributed by atoms with Gasteiger partial charge in [-0.3, -0.25) is 4.79 Å². The normalized spacial score (nSPS) is 10.8. The van der Waals surface area contributed by atoms with Crippen LogP contribution in [0, 0.1) is 6.92 Å². The number of hydrogen-bond acceptors (Lipinski definition) is 4. The van der Waals surface area contributed by atoms with Crippen LogP contribution in [-0.4, -0.2) is 11.0 Å². The summed E-state index contributed by atoms with van der Waals surface area (Å²) in [6.07, 6.45) is 0. The molecule has 29 heavy (non-hydrogen) atoms. The highest BCUT2D eigenvalue weighted by molar-refractivity contribution is 5.82. The molecule has 1 aromatic heterocycles. The van der Waals surface area contributed by atoms with Crippen molar-refractivity contribution in [2.24, 2.45) is 0 Å². The van der Waals surface area contributed by atoms with Gasteiger partial charge in [0.05, 0.1) is 0 Å². The highest BCUT2D eigenvalue weighted by atomic mass is 16.5. The quantitative estimate of drug-likeness (QED) is 0.411. The lowest BCUT2D eigenvalue weighted by Crippen LogP contribution is -2.17. The number of carbonyl (C=O) groups is 1. The average Bonchev–Trinajstić information content (AvgIpc) is 3.15. The number of hydrogen-bond donors (Lipinski definition) is 0. The van der Waals surface area contributed by atoms with Crippen LogP contribution >= 0.6 is 0 Å². The molecular weight excluding hydrogens is 362 g/mol. The number of aromatic nitrogens is 1. The van der Waals surface area contributed by atoms with Gasteiger partial charge in [-0.25, -0.2) is 4.98 Å². The summed E-state index contributed by atoms with van der Waals surface area (Å²) in [7, 11) is 0. The van der Waals surface area contributed by atoms with Gasteiger partial charge in [0, 0.05) is 5.56 Å². The van der Waals surface area contributed by atoms with Crippen molar-refractivity contribution in [2.75, 3.05) is 0 Å². The number of nitrogens with zero attached hydrogens (tertiary/aromatic N) is 1. The van der Waals surface area contributed by atoms with Crippen molar-refractivity contribution in [3.8, 4) is 11.5 Å². The largest absolute Gasteiger partial charge is 0.458 e. The van der Waals surface area contributed by atoms with Crippen LogP contribution in [0.1, 0.15) is 28.5 Å². The highest BCUT2D eigenvalue weighted by Crippen LogP contribution is 2.27. The number of oxazole rings is 1. The summed E-state index contributed by atoms with van der Waals surface area (Å²) >= 11 is 0. The molecule has 4 nitrogen and oxygen atoms in total.